The maximum atomic E-state index is 13.6. The summed E-state index contributed by atoms with van der Waals surface area (Å²) < 4.78 is 0. The van der Waals surface area contributed by atoms with Crippen molar-refractivity contribution >= 4 is 29.6 Å². The summed E-state index contributed by atoms with van der Waals surface area (Å²) in [5.74, 6) is 1.44. The largest absolute Gasteiger partial charge is 0.367 e. The molecule has 1 atom stereocenters. The van der Waals surface area contributed by atoms with E-state index in [-0.39, 0.29) is 5.91 Å². The minimum atomic E-state index is -0.487. The number of carbonyl (C=O) groups is 2. The molecule has 43 heavy (non-hydrogen) atoms. The lowest BCUT2D eigenvalue weighted by molar-refractivity contribution is -0.109. The van der Waals surface area contributed by atoms with Gasteiger partial charge in [0.25, 0.3) is 5.91 Å². The van der Waals surface area contributed by atoms with E-state index in [9.17, 15) is 9.59 Å². The Morgan fingerprint density at radius 3 is 2.53 bits per heavy atom. The summed E-state index contributed by atoms with van der Waals surface area (Å²) in [7, 11) is 0. The smallest absolute Gasteiger partial charge is 0.252 e. The molecule has 5 heteroatoms. The van der Waals surface area contributed by atoms with E-state index < -0.39 is 6.04 Å². The Bertz CT molecular complexity index is 1320. The zero-order valence-electron chi connectivity index (χ0n) is 26.4. The molecule has 0 unspecified atom stereocenters. The maximum Gasteiger partial charge on any atom is 0.252 e. The van der Waals surface area contributed by atoms with Gasteiger partial charge in [-0.3, -0.25) is 4.79 Å². The third-order valence-corrected chi connectivity index (χ3v) is 9.56. The van der Waals surface area contributed by atoms with Gasteiger partial charge >= 0.3 is 0 Å². The molecule has 1 aliphatic rings. The van der Waals surface area contributed by atoms with Crippen LogP contribution in [0.5, 0.6) is 0 Å². The van der Waals surface area contributed by atoms with Crippen LogP contribution in [0.1, 0.15) is 91.8 Å². The molecule has 0 saturated heterocycles. The quantitative estimate of drug-likeness (QED) is 0.167. The Labute approximate surface area is 264 Å². The van der Waals surface area contributed by atoms with Gasteiger partial charge in [0.1, 0.15) is 6.29 Å². The molecule has 1 amide bonds. The number of thioether (sulfide) groups is 1. The van der Waals surface area contributed by atoms with Crippen LogP contribution in [0.25, 0.3) is 11.1 Å². The number of unbranched alkanes of at least 4 members (excludes halogenated alkanes) is 1. The number of aldehydes is 1. The predicted octanol–water partition coefficient (Wildman–Crippen LogP) is 9.03. The summed E-state index contributed by atoms with van der Waals surface area (Å²) in [5, 5.41) is 2.99. The Kier molecular flexibility index (Phi) is 13.2. The molecule has 230 valence electrons. The fourth-order valence-corrected chi connectivity index (χ4v) is 6.86. The van der Waals surface area contributed by atoms with Crippen LogP contribution < -0.4 is 10.2 Å². The minimum Gasteiger partial charge on any atom is -0.367 e. The number of hydrogen-bond donors (Lipinski definition) is 1. The first-order chi connectivity index (χ1) is 21.0. The van der Waals surface area contributed by atoms with Crippen LogP contribution in [0.15, 0.2) is 66.7 Å². The first-order valence-corrected chi connectivity index (χ1v) is 17.7. The average molecular weight is 599 g/mol. The highest BCUT2D eigenvalue weighted by molar-refractivity contribution is 7.98. The summed E-state index contributed by atoms with van der Waals surface area (Å²) in [6.45, 7) is 6.18. The number of hydrogen-bond acceptors (Lipinski definition) is 4. The van der Waals surface area contributed by atoms with Gasteiger partial charge in [-0.1, -0.05) is 94.0 Å². The standard InChI is InChI=1S/C38H50N2O2S/c1-4-5-16-32-17-10-12-19-37(32)40(24-22-30-14-7-6-8-15-30)27-31-20-21-35(38(42)39-33(28-41)23-25-43-3)36(26-31)34-18-11-9-13-29(34)2/h9-13,17-21,26,28,30,33H,4-8,14-16,22-25,27H2,1-3H3,(H,39,42)/t33-/m0/s1. The lowest BCUT2D eigenvalue weighted by atomic mass is 9.87. The van der Waals surface area contributed by atoms with Gasteiger partial charge in [0.05, 0.1) is 6.04 Å². The van der Waals surface area contributed by atoms with Gasteiger partial charge in [-0.2, -0.15) is 11.8 Å². The number of nitrogens with one attached hydrogen (secondary N) is 1. The Morgan fingerprint density at radius 2 is 1.79 bits per heavy atom. The van der Waals surface area contributed by atoms with Crippen LogP contribution in [0, 0.1) is 12.8 Å². The van der Waals surface area contributed by atoms with Crippen molar-refractivity contribution in [3.63, 3.8) is 0 Å². The van der Waals surface area contributed by atoms with Gasteiger partial charge in [-0.15, -0.1) is 0 Å². The molecule has 4 nitrogen and oxygen atoms in total. The number of amides is 1. The molecular formula is C38H50N2O2S. The van der Waals surface area contributed by atoms with Crippen molar-refractivity contribution < 1.29 is 9.59 Å². The average Bonchev–Trinajstić information content (AvgIpc) is 3.04. The van der Waals surface area contributed by atoms with Crippen LogP contribution in [0.2, 0.25) is 0 Å². The van der Waals surface area contributed by atoms with Crippen molar-refractivity contribution in [3.05, 3.63) is 89.0 Å². The zero-order chi connectivity index (χ0) is 30.4. The van der Waals surface area contributed by atoms with Crippen molar-refractivity contribution in [2.75, 3.05) is 23.5 Å². The maximum absolute atomic E-state index is 13.6. The third-order valence-electron chi connectivity index (χ3n) is 8.91. The Balaban J connectivity index is 1.67. The number of carbonyl (C=O) groups excluding carboxylic acids is 2. The number of nitrogens with zero attached hydrogens (tertiary/aromatic N) is 1. The highest BCUT2D eigenvalue weighted by Gasteiger charge is 2.21. The summed E-state index contributed by atoms with van der Waals surface area (Å²) in [6, 6.07) is 23.0. The molecule has 0 spiro atoms. The van der Waals surface area contributed by atoms with Gasteiger partial charge < -0.3 is 15.0 Å². The second-order valence-electron chi connectivity index (χ2n) is 12.1. The van der Waals surface area contributed by atoms with Gasteiger partial charge in [0, 0.05) is 24.3 Å². The summed E-state index contributed by atoms with van der Waals surface area (Å²) in [6.07, 6.45) is 15.0. The third kappa shape index (κ3) is 9.47. The first kappa shape index (κ1) is 32.9. The van der Waals surface area contributed by atoms with Gasteiger partial charge in [-0.05, 0) is 96.5 Å². The van der Waals surface area contributed by atoms with Crippen molar-refractivity contribution in [2.45, 2.75) is 90.6 Å². The van der Waals surface area contributed by atoms with E-state index in [1.807, 2.05) is 24.5 Å². The molecule has 0 heterocycles. The summed E-state index contributed by atoms with van der Waals surface area (Å²) in [5.41, 5.74) is 7.68. The molecule has 3 aromatic carbocycles. The van der Waals surface area contributed by atoms with E-state index >= 15 is 0 Å². The molecule has 0 radical (unpaired) electrons. The SMILES string of the molecule is CCCCc1ccccc1N(CCC1CCCCC1)Cc1ccc(C(=O)N[C@H](C=O)CCSC)c(-c2ccccc2C)c1. The molecule has 1 saturated carbocycles. The molecule has 0 bridgehead atoms. The number of aryl methyl sites for hydroxylation is 2. The minimum absolute atomic E-state index is 0.193. The van der Waals surface area contributed by atoms with Crippen molar-refractivity contribution in [1.29, 1.82) is 0 Å². The number of para-hydroxylation sites is 1. The van der Waals surface area contributed by atoms with E-state index in [0.717, 1.165) is 54.2 Å². The van der Waals surface area contributed by atoms with E-state index in [1.165, 1.54) is 68.2 Å². The van der Waals surface area contributed by atoms with E-state index in [1.54, 1.807) is 11.8 Å². The molecule has 1 aliphatic carbocycles. The summed E-state index contributed by atoms with van der Waals surface area (Å²) in [4.78, 5) is 27.9. The topological polar surface area (TPSA) is 49.4 Å². The molecule has 1 fully saturated rings. The van der Waals surface area contributed by atoms with Gasteiger partial charge in [-0.25, -0.2) is 0 Å². The normalized spacial score (nSPS) is 14.3. The lowest BCUT2D eigenvalue weighted by Crippen LogP contribution is -2.36. The van der Waals surface area contributed by atoms with Crippen LogP contribution in [0.3, 0.4) is 0 Å². The summed E-state index contributed by atoms with van der Waals surface area (Å²) >= 11 is 1.68. The highest BCUT2D eigenvalue weighted by Crippen LogP contribution is 2.32. The lowest BCUT2D eigenvalue weighted by Gasteiger charge is -2.31. The van der Waals surface area contributed by atoms with E-state index in [2.05, 4.69) is 72.6 Å². The predicted molar refractivity (Wildman–Crippen MR) is 184 cm³/mol. The van der Waals surface area contributed by atoms with Crippen molar-refractivity contribution in [3.8, 4) is 11.1 Å². The van der Waals surface area contributed by atoms with Gasteiger partial charge in [0.2, 0.25) is 0 Å². The Hall–Kier alpha value is -3.05. The molecule has 1 N–H and O–H groups in total. The second-order valence-corrected chi connectivity index (χ2v) is 13.1. The molecule has 3 aromatic rings. The van der Waals surface area contributed by atoms with Crippen molar-refractivity contribution in [1.82, 2.24) is 5.32 Å². The van der Waals surface area contributed by atoms with Gasteiger partial charge in [0.15, 0.2) is 0 Å². The van der Waals surface area contributed by atoms with E-state index in [0.29, 0.717) is 12.0 Å². The van der Waals surface area contributed by atoms with Crippen molar-refractivity contribution in [2.24, 2.45) is 5.92 Å². The number of benzene rings is 3. The number of rotatable bonds is 16. The first-order valence-electron chi connectivity index (χ1n) is 16.3. The molecule has 0 aliphatic heterocycles. The van der Waals surface area contributed by atoms with Crippen LogP contribution >= 0.6 is 11.8 Å². The van der Waals surface area contributed by atoms with E-state index in [4.69, 9.17) is 0 Å². The molecular weight excluding hydrogens is 548 g/mol. The molecule has 0 aromatic heterocycles. The fourth-order valence-electron chi connectivity index (χ4n) is 6.37. The Morgan fingerprint density at radius 1 is 1.02 bits per heavy atom. The van der Waals surface area contributed by atoms with Crippen LogP contribution in [-0.4, -0.2) is 36.8 Å². The second kappa shape index (κ2) is 17.3. The monoisotopic (exact) mass is 598 g/mol. The van der Waals surface area contributed by atoms with Crippen LogP contribution in [0.4, 0.5) is 5.69 Å². The number of anilines is 1. The van der Waals surface area contributed by atoms with Crippen LogP contribution in [-0.2, 0) is 17.8 Å². The zero-order valence-corrected chi connectivity index (χ0v) is 27.3. The highest BCUT2D eigenvalue weighted by atomic mass is 32.2. The molecule has 4 rings (SSSR count). The fraction of sp³-hybridized carbons (Fsp3) is 0.474.